The number of hydrogen-bond acceptors (Lipinski definition) is 18. The SMILES string of the molecule is Nc1nc2c(ncn2[C@@H]2O[C@H](CO)C(O)[C@@H]2OP(O)(=S)OC[C@]23CO[C@@H](C2O)[C@H](n2cnc4c(N)ncnc42)O3)c(=O)[nH]1.O=PS. The molecular formula is C21H26N10O11P2S2. The third-order valence-corrected chi connectivity index (χ3v) is 9.15. The van der Waals surface area contributed by atoms with Crippen molar-refractivity contribution in [2.75, 3.05) is 31.3 Å². The highest BCUT2D eigenvalue weighted by Gasteiger charge is 2.62. The molecule has 7 rings (SSSR count). The first-order chi connectivity index (χ1) is 21.9. The zero-order valence-corrected chi connectivity index (χ0v) is 26.6. The Labute approximate surface area is 268 Å². The van der Waals surface area contributed by atoms with Crippen LogP contribution in [0.2, 0.25) is 0 Å². The molecule has 248 valence electrons. The van der Waals surface area contributed by atoms with Gasteiger partial charge in [0, 0.05) is 0 Å². The van der Waals surface area contributed by atoms with Gasteiger partial charge in [0.2, 0.25) is 13.6 Å². The van der Waals surface area contributed by atoms with Crippen LogP contribution in [0.3, 0.4) is 0 Å². The van der Waals surface area contributed by atoms with Crippen molar-refractivity contribution < 1.29 is 48.0 Å². The summed E-state index contributed by atoms with van der Waals surface area (Å²) < 4.78 is 40.6. The lowest BCUT2D eigenvalue weighted by atomic mass is 10.0. The molecule has 4 aromatic heterocycles. The molecule has 0 spiro atoms. The van der Waals surface area contributed by atoms with Gasteiger partial charge in [0.25, 0.3) is 5.56 Å². The van der Waals surface area contributed by atoms with Gasteiger partial charge in [-0.3, -0.25) is 28.0 Å². The van der Waals surface area contributed by atoms with E-state index in [9.17, 15) is 25.0 Å². The van der Waals surface area contributed by atoms with Crippen LogP contribution in [-0.4, -0.2) is 115 Å². The number of ether oxygens (including phenoxy) is 3. The van der Waals surface area contributed by atoms with E-state index in [1.165, 1.54) is 23.5 Å². The Morgan fingerprint density at radius 3 is 2.59 bits per heavy atom. The van der Waals surface area contributed by atoms with E-state index in [4.69, 9.17) is 51.1 Å². The number of H-pyrrole nitrogens is 1. The van der Waals surface area contributed by atoms with Crippen molar-refractivity contribution >= 4 is 72.5 Å². The van der Waals surface area contributed by atoms with Crippen LogP contribution in [0, 0.1) is 0 Å². The summed E-state index contributed by atoms with van der Waals surface area (Å²) >= 11 is 8.46. The number of nitrogens with two attached hydrogens (primary N) is 2. The Bertz CT molecular complexity index is 1880. The van der Waals surface area contributed by atoms with E-state index in [-0.39, 0.29) is 37.2 Å². The maximum atomic E-state index is 12.3. The molecule has 3 saturated heterocycles. The fraction of sp³-hybridized carbons (Fsp3) is 0.524. The Hall–Kier alpha value is -2.76. The number of nitrogens with one attached hydrogen (secondary N) is 1. The van der Waals surface area contributed by atoms with Crippen LogP contribution in [0.4, 0.5) is 11.8 Å². The zero-order valence-electron chi connectivity index (χ0n) is 23.1. The number of aliphatic hydroxyl groups excluding tert-OH is 3. The molecular weight excluding hydrogens is 694 g/mol. The van der Waals surface area contributed by atoms with Crippen molar-refractivity contribution in [2.45, 2.75) is 48.6 Å². The van der Waals surface area contributed by atoms with E-state index in [0.29, 0.717) is 11.2 Å². The van der Waals surface area contributed by atoms with Crippen molar-refractivity contribution in [3.8, 4) is 0 Å². The zero-order chi connectivity index (χ0) is 33.0. The number of aliphatic hydroxyl groups is 3. The van der Waals surface area contributed by atoms with E-state index in [0.717, 1.165) is 0 Å². The Balaban J connectivity index is 0.00000119. The highest BCUT2D eigenvalue weighted by atomic mass is 32.7. The molecule has 9 atom stereocenters. The van der Waals surface area contributed by atoms with Gasteiger partial charge < -0.3 is 50.4 Å². The lowest BCUT2D eigenvalue weighted by molar-refractivity contribution is -0.183. The first-order valence-electron chi connectivity index (χ1n) is 13.1. The van der Waals surface area contributed by atoms with Gasteiger partial charge in [-0.05, 0) is 11.8 Å². The van der Waals surface area contributed by atoms with E-state index >= 15 is 0 Å². The number of anilines is 2. The van der Waals surface area contributed by atoms with E-state index < -0.39 is 74.1 Å². The minimum absolute atomic E-state index is 0.00147. The monoisotopic (exact) mass is 720 g/mol. The largest absolute Gasteiger partial charge is 0.394 e. The topological polar surface area (TPSA) is 303 Å². The molecule has 3 unspecified atom stereocenters. The second kappa shape index (κ2) is 12.7. The smallest absolute Gasteiger partial charge is 0.325 e. The molecule has 46 heavy (non-hydrogen) atoms. The average molecular weight is 721 g/mol. The predicted molar refractivity (Wildman–Crippen MR) is 162 cm³/mol. The molecule has 0 aliphatic carbocycles. The van der Waals surface area contributed by atoms with Crippen LogP contribution in [0.1, 0.15) is 12.5 Å². The summed E-state index contributed by atoms with van der Waals surface area (Å²) in [4.78, 5) is 46.1. The predicted octanol–water partition coefficient (Wildman–Crippen LogP) is -1.86. The molecule has 3 aliphatic rings. The van der Waals surface area contributed by atoms with Crippen molar-refractivity contribution in [1.82, 2.24) is 39.0 Å². The maximum Gasteiger partial charge on any atom is 0.325 e. The normalized spacial score (nSPS) is 31.8. The van der Waals surface area contributed by atoms with Gasteiger partial charge in [0.1, 0.15) is 48.0 Å². The van der Waals surface area contributed by atoms with Gasteiger partial charge >= 0.3 is 6.72 Å². The summed E-state index contributed by atoms with van der Waals surface area (Å²) in [5, 5.41) is 31.7. The minimum atomic E-state index is -4.21. The third-order valence-electron chi connectivity index (χ3n) is 7.61. The highest BCUT2D eigenvalue weighted by molar-refractivity contribution is 8.33. The first-order valence-corrected chi connectivity index (χ1v) is 17.7. The summed E-state index contributed by atoms with van der Waals surface area (Å²) in [6.07, 6.45) is -4.35. The molecule has 9 N–H and O–H groups in total. The second-order valence-corrected chi connectivity index (χ2v) is 13.7. The molecule has 21 nitrogen and oxygen atoms in total. The molecule has 3 fully saturated rings. The number of fused-ring (bicyclic) bond motifs is 4. The van der Waals surface area contributed by atoms with Gasteiger partial charge in [-0.1, -0.05) is 12.2 Å². The quantitative estimate of drug-likeness (QED) is 0.0731. The number of hydrogen-bond donors (Lipinski definition) is 8. The average Bonchev–Trinajstić information content (AvgIpc) is 3.82. The summed E-state index contributed by atoms with van der Waals surface area (Å²) in [7, 11) is -0.139. The number of imidazole rings is 2. The molecule has 0 amide bonds. The molecule has 2 bridgehead atoms. The van der Waals surface area contributed by atoms with E-state index in [1.54, 1.807) is 4.57 Å². The Kier molecular flexibility index (Phi) is 9.15. The summed E-state index contributed by atoms with van der Waals surface area (Å²) in [5.74, 6) is -0.0342. The third kappa shape index (κ3) is 5.70. The van der Waals surface area contributed by atoms with Gasteiger partial charge in [-0.2, -0.15) is 4.98 Å². The molecule has 4 aromatic rings. The van der Waals surface area contributed by atoms with Gasteiger partial charge in [0.05, 0.1) is 32.5 Å². The van der Waals surface area contributed by atoms with Gasteiger partial charge in [0.15, 0.2) is 35.1 Å². The number of aromatic nitrogens is 8. The number of nitrogens with zero attached hydrogens (tertiary/aromatic N) is 7. The number of thiol groups is 1. The molecule has 0 radical (unpaired) electrons. The van der Waals surface area contributed by atoms with Crippen molar-refractivity contribution in [2.24, 2.45) is 0 Å². The minimum Gasteiger partial charge on any atom is -0.394 e. The number of nitrogen functional groups attached to an aromatic ring is 2. The van der Waals surface area contributed by atoms with Crippen molar-refractivity contribution in [1.29, 1.82) is 0 Å². The molecule has 0 aromatic carbocycles. The van der Waals surface area contributed by atoms with Crippen LogP contribution in [-0.2, 0) is 39.6 Å². The summed E-state index contributed by atoms with van der Waals surface area (Å²) in [6.45, 7) is -5.38. The van der Waals surface area contributed by atoms with Crippen LogP contribution in [0.15, 0.2) is 23.8 Å². The summed E-state index contributed by atoms with van der Waals surface area (Å²) in [5.41, 5.74) is 10.1. The number of aromatic amines is 1. The van der Waals surface area contributed by atoms with E-state index in [2.05, 4.69) is 42.2 Å². The van der Waals surface area contributed by atoms with Crippen molar-refractivity contribution in [3.63, 3.8) is 0 Å². The molecule has 25 heteroatoms. The van der Waals surface area contributed by atoms with Crippen molar-refractivity contribution in [3.05, 3.63) is 29.3 Å². The maximum absolute atomic E-state index is 12.3. The first kappa shape index (κ1) is 33.2. The fourth-order valence-electron chi connectivity index (χ4n) is 5.51. The second-order valence-electron chi connectivity index (χ2n) is 10.3. The fourth-order valence-corrected chi connectivity index (χ4v) is 6.94. The van der Waals surface area contributed by atoms with Crippen LogP contribution < -0.4 is 17.0 Å². The van der Waals surface area contributed by atoms with Crippen LogP contribution in [0.5, 0.6) is 0 Å². The highest BCUT2D eigenvalue weighted by Crippen LogP contribution is 2.53. The number of rotatable bonds is 8. The molecule has 3 aliphatic heterocycles. The lowest BCUT2D eigenvalue weighted by Crippen LogP contribution is -2.45. The Morgan fingerprint density at radius 2 is 1.87 bits per heavy atom. The molecule has 0 saturated carbocycles. The lowest BCUT2D eigenvalue weighted by Gasteiger charge is -2.32. The Morgan fingerprint density at radius 1 is 1.17 bits per heavy atom. The van der Waals surface area contributed by atoms with Crippen LogP contribution >= 0.6 is 26.6 Å². The summed E-state index contributed by atoms with van der Waals surface area (Å²) in [6, 6.07) is 0. The van der Waals surface area contributed by atoms with Gasteiger partial charge in [-0.15, -0.1) is 0 Å². The van der Waals surface area contributed by atoms with E-state index in [1.807, 2.05) is 0 Å². The van der Waals surface area contributed by atoms with Gasteiger partial charge in [-0.25, -0.2) is 19.9 Å². The standard InChI is InChI=1S/C21H25N10O10PS.HOPS/c22-14-8-15(25-4-24-14)30(5-26-8)19-12-13(34)21(40-19,2-37-12)3-38-42(36,43)41-11-10(33)7(1-32)39-18(11)31-6-27-9-16(31)28-20(23)29-17(9)35;1-2-3/h4-7,10-13,18-19,32-34H,1-3H2,(H,36,43)(H2,22,24,25)(H3,23,28,29,35);(H,1,3)/t7-,10?,11+,12+,13?,18-,19-,21-,42?;/m1./s1. The van der Waals surface area contributed by atoms with Crippen LogP contribution in [0.25, 0.3) is 22.3 Å². The molecule has 7 heterocycles.